The Kier molecular flexibility index (Phi) is 4.58. The lowest BCUT2D eigenvalue weighted by molar-refractivity contribution is 0.127. The maximum atomic E-state index is 5.77. The maximum Gasteiger partial charge on any atom is 0.119 e. The fraction of sp³-hybridized carbons (Fsp3) is 0.647. The summed E-state index contributed by atoms with van der Waals surface area (Å²) in [6, 6.07) is 10.1. The van der Waals surface area contributed by atoms with Crippen LogP contribution in [0.15, 0.2) is 30.3 Å². The lowest BCUT2D eigenvalue weighted by Gasteiger charge is -2.41. The SMILES string of the molecule is c1ccc(OCCCN2CCNC3(CCCC3)C2)cc1. The van der Waals surface area contributed by atoms with Gasteiger partial charge >= 0.3 is 0 Å². The molecule has 1 heterocycles. The third-order valence-electron chi connectivity index (χ3n) is 4.65. The highest BCUT2D eigenvalue weighted by Crippen LogP contribution is 2.31. The van der Waals surface area contributed by atoms with E-state index >= 15 is 0 Å². The summed E-state index contributed by atoms with van der Waals surface area (Å²) in [7, 11) is 0. The summed E-state index contributed by atoms with van der Waals surface area (Å²) >= 11 is 0. The largest absolute Gasteiger partial charge is 0.494 e. The second-order valence-electron chi connectivity index (χ2n) is 6.21. The number of hydrogen-bond donors (Lipinski definition) is 1. The Hall–Kier alpha value is -1.06. The predicted octanol–water partition coefficient (Wildman–Crippen LogP) is 2.67. The van der Waals surface area contributed by atoms with Crippen molar-refractivity contribution >= 4 is 0 Å². The van der Waals surface area contributed by atoms with E-state index in [4.69, 9.17) is 4.74 Å². The third-order valence-corrected chi connectivity index (χ3v) is 4.65. The van der Waals surface area contributed by atoms with E-state index in [0.29, 0.717) is 5.54 Å². The van der Waals surface area contributed by atoms with Crippen molar-refractivity contribution in [1.82, 2.24) is 10.2 Å². The Balaban J connectivity index is 1.38. The van der Waals surface area contributed by atoms with Gasteiger partial charge in [-0.05, 0) is 31.4 Å². The molecule has 1 saturated heterocycles. The van der Waals surface area contributed by atoms with E-state index in [-0.39, 0.29) is 0 Å². The van der Waals surface area contributed by atoms with Crippen molar-refractivity contribution in [2.75, 3.05) is 32.8 Å². The van der Waals surface area contributed by atoms with Crippen LogP contribution < -0.4 is 10.1 Å². The minimum absolute atomic E-state index is 0.443. The molecule has 1 saturated carbocycles. The van der Waals surface area contributed by atoms with Crippen LogP contribution in [0.4, 0.5) is 0 Å². The zero-order valence-electron chi connectivity index (χ0n) is 12.3. The highest BCUT2D eigenvalue weighted by atomic mass is 16.5. The Morgan fingerprint density at radius 1 is 1.15 bits per heavy atom. The molecule has 1 spiro atoms. The van der Waals surface area contributed by atoms with E-state index in [2.05, 4.69) is 10.2 Å². The maximum absolute atomic E-state index is 5.77. The van der Waals surface area contributed by atoms with Crippen LogP contribution in [-0.2, 0) is 0 Å². The molecule has 20 heavy (non-hydrogen) atoms. The molecule has 1 N–H and O–H groups in total. The van der Waals surface area contributed by atoms with Gasteiger partial charge in [0.25, 0.3) is 0 Å². The monoisotopic (exact) mass is 274 g/mol. The van der Waals surface area contributed by atoms with Crippen molar-refractivity contribution in [3.63, 3.8) is 0 Å². The van der Waals surface area contributed by atoms with Crippen molar-refractivity contribution in [3.05, 3.63) is 30.3 Å². The highest BCUT2D eigenvalue weighted by molar-refractivity contribution is 5.20. The molecule has 0 atom stereocenters. The Bertz CT molecular complexity index is 401. The van der Waals surface area contributed by atoms with E-state index in [9.17, 15) is 0 Å². The molecule has 0 aromatic heterocycles. The molecule has 0 bridgehead atoms. The quantitative estimate of drug-likeness (QED) is 0.836. The Morgan fingerprint density at radius 3 is 2.75 bits per heavy atom. The summed E-state index contributed by atoms with van der Waals surface area (Å²) in [5, 5.41) is 3.77. The number of benzene rings is 1. The fourth-order valence-corrected chi connectivity index (χ4v) is 3.61. The third kappa shape index (κ3) is 3.53. The first kappa shape index (κ1) is 13.9. The van der Waals surface area contributed by atoms with Gasteiger partial charge < -0.3 is 15.0 Å². The van der Waals surface area contributed by atoms with Crippen molar-refractivity contribution in [2.24, 2.45) is 0 Å². The van der Waals surface area contributed by atoms with Gasteiger partial charge in [0.15, 0.2) is 0 Å². The van der Waals surface area contributed by atoms with Crippen LogP contribution in [0.5, 0.6) is 5.75 Å². The molecule has 2 fully saturated rings. The summed E-state index contributed by atoms with van der Waals surface area (Å²) in [4.78, 5) is 2.62. The lowest BCUT2D eigenvalue weighted by atomic mass is 9.94. The van der Waals surface area contributed by atoms with Crippen molar-refractivity contribution in [3.8, 4) is 5.75 Å². The van der Waals surface area contributed by atoms with Gasteiger partial charge in [-0.1, -0.05) is 31.0 Å². The Morgan fingerprint density at radius 2 is 1.95 bits per heavy atom. The highest BCUT2D eigenvalue weighted by Gasteiger charge is 2.37. The molecular weight excluding hydrogens is 248 g/mol. The topological polar surface area (TPSA) is 24.5 Å². The second kappa shape index (κ2) is 6.59. The predicted molar refractivity (Wildman–Crippen MR) is 82.2 cm³/mol. The van der Waals surface area contributed by atoms with Gasteiger partial charge in [0.2, 0.25) is 0 Å². The molecule has 2 aliphatic rings. The molecule has 3 heteroatoms. The standard InChI is InChI=1S/C17H26N2O/c1-2-7-16(8-3-1)20-14-6-12-19-13-11-18-17(15-19)9-4-5-10-17/h1-3,7-8,18H,4-6,9-15H2. The van der Waals surface area contributed by atoms with Crippen LogP contribution in [0.25, 0.3) is 0 Å². The van der Waals surface area contributed by atoms with E-state index in [1.807, 2.05) is 30.3 Å². The summed E-state index contributed by atoms with van der Waals surface area (Å²) in [5.41, 5.74) is 0.443. The normalized spacial score (nSPS) is 22.2. The number of piperazine rings is 1. The van der Waals surface area contributed by atoms with E-state index in [1.165, 1.54) is 38.8 Å². The van der Waals surface area contributed by atoms with Crippen LogP contribution in [0, 0.1) is 0 Å². The van der Waals surface area contributed by atoms with Gasteiger partial charge in [-0.2, -0.15) is 0 Å². The van der Waals surface area contributed by atoms with Crippen molar-refractivity contribution < 1.29 is 4.74 Å². The molecule has 0 amide bonds. The molecule has 3 nitrogen and oxygen atoms in total. The molecule has 0 radical (unpaired) electrons. The zero-order chi connectivity index (χ0) is 13.7. The Labute approximate surface area is 122 Å². The number of nitrogens with zero attached hydrogens (tertiary/aromatic N) is 1. The molecule has 1 aliphatic heterocycles. The van der Waals surface area contributed by atoms with Crippen molar-refractivity contribution in [2.45, 2.75) is 37.6 Å². The first-order chi connectivity index (χ1) is 9.86. The van der Waals surface area contributed by atoms with Crippen LogP contribution in [0.1, 0.15) is 32.1 Å². The molecule has 110 valence electrons. The molecule has 1 aliphatic carbocycles. The van der Waals surface area contributed by atoms with E-state index in [0.717, 1.165) is 31.9 Å². The molecule has 3 rings (SSSR count). The smallest absolute Gasteiger partial charge is 0.119 e. The molecule has 1 aromatic rings. The van der Waals surface area contributed by atoms with Gasteiger partial charge in [-0.3, -0.25) is 0 Å². The van der Waals surface area contributed by atoms with Gasteiger partial charge in [-0.25, -0.2) is 0 Å². The molecular formula is C17H26N2O. The minimum atomic E-state index is 0.443. The van der Waals surface area contributed by atoms with Crippen molar-refractivity contribution in [1.29, 1.82) is 0 Å². The number of nitrogens with one attached hydrogen (secondary N) is 1. The van der Waals surface area contributed by atoms with Crippen LogP contribution >= 0.6 is 0 Å². The summed E-state index contributed by atoms with van der Waals surface area (Å²) in [6.07, 6.45) is 6.65. The number of ether oxygens (including phenoxy) is 1. The molecule has 0 unspecified atom stereocenters. The molecule has 1 aromatic carbocycles. The summed E-state index contributed by atoms with van der Waals surface area (Å²) < 4.78 is 5.77. The van der Waals surface area contributed by atoms with Gasteiger partial charge in [-0.15, -0.1) is 0 Å². The van der Waals surface area contributed by atoms with Gasteiger partial charge in [0.05, 0.1) is 6.61 Å². The number of rotatable bonds is 5. The average molecular weight is 274 g/mol. The second-order valence-corrected chi connectivity index (χ2v) is 6.21. The fourth-order valence-electron chi connectivity index (χ4n) is 3.61. The van der Waals surface area contributed by atoms with E-state index < -0.39 is 0 Å². The number of para-hydroxylation sites is 1. The first-order valence-electron chi connectivity index (χ1n) is 8.02. The van der Waals surface area contributed by atoms with Gasteiger partial charge in [0, 0.05) is 31.7 Å². The number of hydrogen-bond acceptors (Lipinski definition) is 3. The lowest BCUT2D eigenvalue weighted by Crippen LogP contribution is -2.59. The first-order valence-corrected chi connectivity index (χ1v) is 8.02. The van der Waals surface area contributed by atoms with Crippen LogP contribution in [-0.4, -0.2) is 43.2 Å². The van der Waals surface area contributed by atoms with Crippen LogP contribution in [0.3, 0.4) is 0 Å². The summed E-state index contributed by atoms with van der Waals surface area (Å²) in [6.45, 7) is 5.56. The average Bonchev–Trinajstić information content (AvgIpc) is 2.93. The zero-order valence-corrected chi connectivity index (χ0v) is 12.3. The van der Waals surface area contributed by atoms with Gasteiger partial charge in [0.1, 0.15) is 5.75 Å². The van der Waals surface area contributed by atoms with Crippen LogP contribution in [0.2, 0.25) is 0 Å². The van der Waals surface area contributed by atoms with E-state index in [1.54, 1.807) is 0 Å². The minimum Gasteiger partial charge on any atom is -0.494 e. The summed E-state index contributed by atoms with van der Waals surface area (Å²) in [5.74, 6) is 0.986.